The highest BCUT2D eigenvalue weighted by atomic mass is 79.9. The van der Waals surface area contributed by atoms with Gasteiger partial charge in [-0.25, -0.2) is 13.1 Å². The molecule has 2 bridgehead atoms. The number of methoxy groups -OCH3 is 1. The summed E-state index contributed by atoms with van der Waals surface area (Å²) in [5, 5.41) is 0. The SMILES string of the molecule is COc1ccc(Br)cc1S(=O)(=O)NC1CC2CCC1O2. The summed E-state index contributed by atoms with van der Waals surface area (Å²) < 4.78 is 39.3. The zero-order chi connectivity index (χ0) is 14.3. The monoisotopic (exact) mass is 361 g/mol. The lowest BCUT2D eigenvalue weighted by molar-refractivity contribution is 0.0996. The van der Waals surface area contributed by atoms with Crippen LogP contribution in [0.25, 0.3) is 0 Å². The van der Waals surface area contributed by atoms with Crippen LogP contribution < -0.4 is 9.46 Å². The van der Waals surface area contributed by atoms with Crippen molar-refractivity contribution in [3.8, 4) is 5.75 Å². The minimum Gasteiger partial charge on any atom is -0.495 e. The third kappa shape index (κ3) is 2.59. The Balaban J connectivity index is 1.86. The van der Waals surface area contributed by atoms with Gasteiger partial charge < -0.3 is 9.47 Å². The Labute approximate surface area is 126 Å². The maximum absolute atomic E-state index is 12.5. The second-order valence-electron chi connectivity index (χ2n) is 5.13. The first-order valence-electron chi connectivity index (χ1n) is 6.51. The molecule has 1 N–H and O–H groups in total. The number of rotatable bonds is 4. The number of nitrogens with one attached hydrogen (secondary N) is 1. The van der Waals surface area contributed by atoms with E-state index < -0.39 is 10.0 Å². The van der Waals surface area contributed by atoms with Crippen molar-refractivity contribution in [3.63, 3.8) is 0 Å². The van der Waals surface area contributed by atoms with E-state index >= 15 is 0 Å². The van der Waals surface area contributed by atoms with Gasteiger partial charge in [0.25, 0.3) is 0 Å². The van der Waals surface area contributed by atoms with Crippen molar-refractivity contribution in [3.05, 3.63) is 22.7 Å². The summed E-state index contributed by atoms with van der Waals surface area (Å²) in [5.74, 6) is 0.338. The smallest absolute Gasteiger partial charge is 0.244 e. The Hall–Kier alpha value is -0.630. The van der Waals surface area contributed by atoms with Crippen LogP contribution in [0, 0.1) is 0 Å². The highest BCUT2D eigenvalue weighted by Gasteiger charge is 2.42. The second-order valence-corrected chi connectivity index (χ2v) is 7.73. The zero-order valence-electron chi connectivity index (χ0n) is 11.0. The van der Waals surface area contributed by atoms with E-state index in [0.29, 0.717) is 10.2 Å². The molecule has 0 spiro atoms. The molecule has 3 unspecified atom stereocenters. The van der Waals surface area contributed by atoms with Crippen LogP contribution in [0.3, 0.4) is 0 Å². The minimum atomic E-state index is -3.62. The lowest BCUT2D eigenvalue weighted by Crippen LogP contribution is -2.41. The van der Waals surface area contributed by atoms with Gasteiger partial charge in [-0.1, -0.05) is 15.9 Å². The van der Waals surface area contributed by atoms with Crippen molar-refractivity contribution in [1.29, 1.82) is 0 Å². The molecule has 5 nitrogen and oxygen atoms in total. The first kappa shape index (κ1) is 14.3. The number of sulfonamides is 1. The number of ether oxygens (including phenoxy) is 2. The summed E-state index contributed by atoms with van der Waals surface area (Å²) in [5.41, 5.74) is 0. The lowest BCUT2D eigenvalue weighted by Gasteiger charge is -2.20. The van der Waals surface area contributed by atoms with E-state index in [1.165, 1.54) is 7.11 Å². The van der Waals surface area contributed by atoms with E-state index in [9.17, 15) is 8.42 Å². The van der Waals surface area contributed by atoms with Crippen LogP contribution in [-0.4, -0.2) is 33.8 Å². The molecule has 0 aliphatic carbocycles. The van der Waals surface area contributed by atoms with E-state index in [1.54, 1.807) is 18.2 Å². The van der Waals surface area contributed by atoms with Gasteiger partial charge in [0.15, 0.2) is 0 Å². The zero-order valence-corrected chi connectivity index (χ0v) is 13.4. The molecule has 2 heterocycles. The molecule has 2 aliphatic rings. The fourth-order valence-electron chi connectivity index (χ4n) is 2.89. The van der Waals surface area contributed by atoms with Gasteiger partial charge in [-0.3, -0.25) is 0 Å². The molecule has 2 saturated heterocycles. The quantitative estimate of drug-likeness (QED) is 0.891. The molecular weight excluding hydrogens is 346 g/mol. The largest absolute Gasteiger partial charge is 0.495 e. The van der Waals surface area contributed by atoms with E-state index in [4.69, 9.17) is 9.47 Å². The third-order valence-electron chi connectivity index (χ3n) is 3.83. The highest BCUT2D eigenvalue weighted by molar-refractivity contribution is 9.10. The van der Waals surface area contributed by atoms with Crippen molar-refractivity contribution < 1.29 is 17.9 Å². The van der Waals surface area contributed by atoms with Gasteiger partial charge in [0.2, 0.25) is 10.0 Å². The minimum absolute atomic E-state index is 0.00734. The number of halogens is 1. The lowest BCUT2D eigenvalue weighted by atomic mass is 9.96. The maximum atomic E-state index is 12.5. The normalized spacial score (nSPS) is 28.8. The van der Waals surface area contributed by atoms with Crippen molar-refractivity contribution >= 4 is 26.0 Å². The van der Waals surface area contributed by atoms with E-state index in [0.717, 1.165) is 19.3 Å². The first-order chi connectivity index (χ1) is 9.49. The van der Waals surface area contributed by atoms with Crippen molar-refractivity contribution in [2.24, 2.45) is 0 Å². The van der Waals surface area contributed by atoms with Crippen LogP contribution in [-0.2, 0) is 14.8 Å². The van der Waals surface area contributed by atoms with Crippen LogP contribution in [0.5, 0.6) is 5.75 Å². The highest BCUT2D eigenvalue weighted by Crippen LogP contribution is 2.36. The molecule has 0 radical (unpaired) electrons. The van der Waals surface area contributed by atoms with Crippen LogP contribution in [0.2, 0.25) is 0 Å². The van der Waals surface area contributed by atoms with Crippen LogP contribution in [0.4, 0.5) is 0 Å². The summed E-state index contributed by atoms with van der Waals surface area (Å²) in [7, 11) is -2.16. The molecule has 20 heavy (non-hydrogen) atoms. The summed E-state index contributed by atoms with van der Waals surface area (Å²) in [4.78, 5) is 0.150. The standard InChI is InChI=1S/C13H16BrNO4S/c1-18-12-4-2-8(14)6-13(12)20(16,17)15-10-7-9-3-5-11(10)19-9/h2,4,6,9-11,15H,3,5,7H2,1H3. The Kier molecular flexibility index (Phi) is 3.79. The van der Waals surface area contributed by atoms with Crippen molar-refractivity contribution in [1.82, 2.24) is 4.72 Å². The Bertz CT molecular complexity index is 619. The molecule has 7 heteroatoms. The fraction of sp³-hybridized carbons (Fsp3) is 0.538. The van der Waals surface area contributed by atoms with E-state index in [2.05, 4.69) is 20.7 Å². The van der Waals surface area contributed by atoms with E-state index in [-0.39, 0.29) is 23.1 Å². The van der Waals surface area contributed by atoms with Gasteiger partial charge in [-0.15, -0.1) is 0 Å². The van der Waals surface area contributed by atoms with Gasteiger partial charge in [0, 0.05) is 4.47 Å². The molecular formula is C13H16BrNO4S. The van der Waals surface area contributed by atoms with Gasteiger partial charge in [-0.05, 0) is 37.5 Å². The topological polar surface area (TPSA) is 64.6 Å². The summed E-state index contributed by atoms with van der Waals surface area (Å²) >= 11 is 3.29. The van der Waals surface area contributed by atoms with Gasteiger partial charge in [-0.2, -0.15) is 0 Å². The van der Waals surface area contributed by atoms with Crippen LogP contribution in [0.1, 0.15) is 19.3 Å². The maximum Gasteiger partial charge on any atom is 0.244 e. The molecule has 0 saturated carbocycles. The van der Waals surface area contributed by atoms with E-state index in [1.807, 2.05) is 0 Å². The Morgan fingerprint density at radius 1 is 1.40 bits per heavy atom. The Morgan fingerprint density at radius 2 is 2.20 bits per heavy atom. The number of benzene rings is 1. The van der Waals surface area contributed by atoms with Crippen LogP contribution >= 0.6 is 15.9 Å². The molecule has 0 amide bonds. The van der Waals surface area contributed by atoms with Gasteiger partial charge >= 0.3 is 0 Å². The van der Waals surface area contributed by atoms with Crippen molar-refractivity contribution in [2.45, 2.75) is 42.4 Å². The summed E-state index contributed by atoms with van der Waals surface area (Å²) in [6, 6.07) is 4.80. The van der Waals surface area contributed by atoms with Gasteiger partial charge in [0.1, 0.15) is 10.6 Å². The van der Waals surface area contributed by atoms with Gasteiger partial charge in [0.05, 0.1) is 25.4 Å². The first-order valence-corrected chi connectivity index (χ1v) is 8.78. The number of hydrogen-bond donors (Lipinski definition) is 1. The Morgan fingerprint density at radius 3 is 2.80 bits per heavy atom. The molecule has 2 aliphatic heterocycles. The number of hydrogen-bond acceptors (Lipinski definition) is 4. The van der Waals surface area contributed by atoms with Crippen LogP contribution in [0.15, 0.2) is 27.6 Å². The molecule has 0 aromatic heterocycles. The molecule has 1 aromatic carbocycles. The fourth-order valence-corrected chi connectivity index (χ4v) is 4.87. The molecule has 3 rings (SSSR count). The van der Waals surface area contributed by atoms with Crippen molar-refractivity contribution in [2.75, 3.05) is 7.11 Å². The molecule has 1 aromatic rings. The molecule has 2 fully saturated rings. The summed E-state index contributed by atoms with van der Waals surface area (Å²) in [6.07, 6.45) is 2.92. The third-order valence-corrected chi connectivity index (χ3v) is 5.83. The predicted octanol–water partition coefficient (Wildman–Crippen LogP) is 2.06. The number of fused-ring (bicyclic) bond motifs is 2. The average Bonchev–Trinajstić information content (AvgIpc) is 3.00. The summed E-state index contributed by atoms with van der Waals surface area (Å²) in [6.45, 7) is 0. The average molecular weight is 362 g/mol. The predicted molar refractivity (Wildman–Crippen MR) is 77.3 cm³/mol. The molecule has 3 atom stereocenters. The molecule has 110 valence electrons. The second kappa shape index (κ2) is 5.29.